The van der Waals surface area contributed by atoms with E-state index in [2.05, 4.69) is 5.32 Å². The van der Waals surface area contributed by atoms with Gasteiger partial charge >= 0.3 is 0 Å². The van der Waals surface area contributed by atoms with Gasteiger partial charge in [-0.15, -0.1) is 0 Å². The highest BCUT2D eigenvalue weighted by Crippen LogP contribution is 2.25. The number of nitrogens with zero attached hydrogens (tertiary/aromatic N) is 1. The summed E-state index contributed by atoms with van der Waals surface area (Å²) in [4.78, 5) is 12.6. The highest BCUT2D eigenvalue weighted by atomic mass is 32.2. The number of hydrogen-bond donors (Lipinski definition) is 1. The molecule has 0 saturated heterocycles. The molecule has 0 bridgehead atoms. The fraction of sp³-hybridized carbons (Fsp3) is 0.0500. The molecule has 0 spiro atoms. The smallest absolute Gasteiger partial charge is 0.264 e. The van der Waals surface area contributed by atoms with Crippen LogP contribution in [0.15, 0.2) is 89.8 Å². The molecule has 5 nitrogen and oxygen atoms in total. The Kier molecular flexibility index (Phi) is 5.04. The number of anilines is 2. The Hall–Kier alpha value is -3.12. The number of benzene rings is 3. The van der Waals surface area contributed by atoms with E-state index in [4.69, 9.17) is 0 Å². The van der Waals surface area contributed by atoms with E-state index in [0.29, 0.717) is 11.4 Å². The number of hydrogen-bond acceptors (Lipinski definition) is 3. The topological polar surface area (TPSA) is 66.5 Å². The number of nitrogens with one attached hydrogen (secondary N) is 1. The average Bonchev–Trinajstić information content (AvgIpc) is 2.69. The van der Waals surface area contributed by atoms with Crippen LogP contribution in [-0.4, -0.2) is 21.4 Å². The summed E-state index contributed by atoms with van der Waals surface area (Å²) in [7, 11) is -2.42. The fourth-order valence-corrected chi connectivity index (χ4v) is 3.91. The molecule has 0 aliphatic rings. The van der Waals surface area contributed by atoms with Crippen molar-refractivity contribution in [3.63, 3.8) is 0 Å². The molecule has 0 aromatic heterocycles. The van der Waals surface area contributed by atoms with Crippen molar-refractivity contribution in [3.8, 4) is 0 Å². The third-order valence-corrected chi connectivity index (χ3v) is 5.77. The predicted molar refractivity (Wildman–Crippen MR) is 103 cm³/mol. The first-order chi connectivity index (χ1) is 12.5. The van der Waals surface area contributed by atoms with Crippen LogP contribution in [0.2, 0.25) is 0 Å². The maximum Gasteiger partial charge on any atom is 0.264 e. The van der Waals surface area contributed by atoms with Crippen LogP contribution in [0.4, 0.5) is 11.4 Å². The van der Waals surface area contributed by atoms with Crippen LogP contribution in [0, 0.1) is 0 Å². The molecule has 0 saturated carbocycles. The molecule has 1 N–H and O–H groups in total. The first kappa shape index (κ1) is 17.7. The molecule has 26 heavy (non-hydrogen) atoms. The average molecular weight is 366 g/mol. The molecule has 3 aromatic carbocycles. The van der Waals surface area contributed by atoms with Gasteiger partial charge in [0.1, 0.15) is 4.90 Å². The highest BCUT2D eigenvalue weighted by Gasteiger charge is 2.26. The first-order valence-corrected chi connectivity index (χ1v) is 9.43. The van der Waals surface area contributed by atoms with E-state index in [9.17, 15) is 13.2 Å². The predicted octanol–water partition coefficient (Wildman–Crippen LogP) is 3.76. The number of amides is 1. The van der Waals surface area contributed by atoms with Gasteiger partial charge in [-0.1, -0.05) is 48.5 Å². The van der Waals surface area contributed by atoms with Crippen molar-refractivity contribution in [2.75, 3.05) is 16.7 Å². The molecule has 0 heterocycles. The van der Waals surface area contributed by atoms with Crippen LogP contribution in [0.3, 0.4) is 0 Å². The fourth-order valence-electron chi connectivity index (χ4n) is 2.52. The lowest BCUT2D eigenvalue weighted by Crippen LogP contribution is -2.28. The van der Waals surface area contributed by atoms with Crippen molar-refractivity contribution in [2.24, 2.45) is 0 Å². The van der Waals surface area contributed by atoms with Gasteiger partial charge in [-0.25, -0.2) is 8.42 Å². The largest absolute Gasteiger partial charge is 0.322 e. The third kappa shape index (κ3) is 3.60. The number of rotatable bonds is 5. The van der Waals surface area contributed by atoms with Gasteiger partial charge in [0.15, 0.2) is 0 Å². The summed E-state index contributed by atoms with van der Waals surface area (Å²) in [6, 6.07) is 23.8. The summed E-state index contributed by atoms with van der Waals surface area (Å²) in [5, 5.41) is 2.73. The molecule has 0 fully saturated rings. The molecule has 0 aliphatic heterocycles. The van der Waals surface area contributed by atoms with Crippen LogP contribution in [-0.2, 0) is 10.0 Å². The van der Waals surface area contributed by atoms with Gasteiger partial charge in [0.2, 0.25) is 0 Å². The van der Waals surface area contributed by atoms with Crippen molar-refractivity contribution in [2.45, 2.75) is 4.90 Å². The maximum absolute atomic E-state index is 13.1. The van der Waals surface area contributed by atoms with Crippen LogP contribution in [0.1, 0.15) is 10.4 Å². The van der Waals surface area contributed by atoms with Gasteiger partial charge in [-0.3, -0.25) is 9.10 Å². The monoisotopic (exact) mass is 366 g/mol. The SMILES string of the molecule is CN(c1ccccc1)S(=O)(=O)c1ccccc1C(=O)Nc1ccccc1. The van der Waals surface area contributed by atoms with Crippen LogP contribution < -0.4 is 9.62 Å². The summed E-state index contributed by atoms with van der Waals surface area (Å²) in [5.74, 6) is -0.475. The molecule has 132 valence electrons. The quantitative estimate of drug-likeness (QED) is 0.748. The molecule has 6 heteroatoms. The number of sulfonamides is 1. The zero-order valence-electron chi connectivity index (χ0n) is 14.2. The lowest BCUT2D eigenvalue weighted by atomic mass is 10.2. The van der Waals surface area contributed by atoms with E-state index in [-0.39, 0.29) is 10.5 Å². The second kappa shape index (κ2) is 7.41. The van der Waals surface area contributed by atoms with Crippen molar-refractivity contribution in [1.82, 2.24) is 0 Å². The normalized spacial score (nSPS) is 11.0. The number of carbonyl (C=O) groups excluding carboxylic acids is 1. The summed E-state index contributed by atoms with van der Waals surface area (Å²) in [5.41, 5.74) is 1.21. The van der Waals surface area contributed by atoms with E-state index >= 15 is 0 Å². The maximum atomic E-state index is 13.1. The van der Waals surface area contributed by atoms with Gasteiger partial charge < -0.3 is 5.32 Å². The van der Waals surface area contributed by atoms with Gasteiger partial charge in [-0.05, 0) is 36.4 Å². The summed E-state index contributed by atoms with van der Waals surface area (Å²) in [6.07, 6.45) is 0. The van der Waals surface area contributed by atoms with Crippen LogP contribution in [0.25, 0.3) is 0 Å². The van der Waals surface area contributed by atoms with Gasteiger partial charge in [-0.2, -0.15) is 0 Å². The Morgan fingerprint density at radius 1 is 0.808 bits per heavy atom. The zero-order chi connectivity index (χ0) is 18.6. The van der Waals surface area contributed by atoms with E-state index in [1.54, 1.807) is 60.7 Å². The molecule has 0 atom stereocenters. The van der Waals surface area contributed by atoms with E-state index in [0.717, 1.165) is 0 Å². The molecular formula is C20H18N2O3S. The van der Waals surface area contributed by atoms with Crippen molar-refractivity contribution >= 4 is 27.3 Å². The van der Waals surface area contributed by atoms with Crippen molar-refractivity contribution < 1.29 is 13.2 Å². The Labute approximate surface area is 153 Å². The van der Waals surface area contributed by atoms with Crippen LogP contribution in [0.5, 0.6) is 0 Å². The van der Waals surface area contributed by atoms with Crippen molar-refractivity contribution in [3.05, 3.63) is 90.5 Å². The Balaban J connectivity index is 1.97. The lowest BCUT2D eigenvalue weighted by molar-refractivity contribution is 0.102. The minimum Gasteiger partial charge on any atom is -0.322 e. The molecule has 0 radical (unpaired) electrons. The van der Waals surface area contributed by atoms with Gasteiger partial charge in [0.05, 0.1) is 11.3 Å². The lowest BCUT2D eigenvalue weighted by Gasteiger charge is -2.21. The summed E-state index contributed by atoms with van der Waals surface area (Å²) < 4.78 is 27.3. The summed E-state index contributed by atoms with van der Waals surface area (Å²) >= 11 is 0. The van der Waals surface area contributed by atoms with E-state index in [1.165, 1.54) is 23.5 Å². The number of carbonyl (C=O) groups is 1. The molecule has 0 unspecified atom stereocenters. The second-order valence-electron chi connectivity index (χ2n) is 5.62. The van der Waals surface area contributed by atoms with Gasteiger partial charge in [0, 0.05) is 12.7 Å². The highest BCUT2D eigenvalue weighted by molar-refractivity contribution is 7.92. The Morgan fingerprint density at radius 3 is 2.00 bits per heavy atom. The second-order valence-corrected chi connectivity index (χ2v) is 7.56. The Morgan fingerprint density at radius 2 is 1.35 bits per heavy atom. The van der Waals surface area contributed by atoms with Crippen LogP contribution >= 0.6 is 0 Å². The molecule has 3 rings (SSSR count). The minimum absolute atomic E-state index is 0.0419. The van der Waals surface area contributed by atoms with Crippen molar-refractivity contribution in [1.29, 1.82) is 0 Å². The minimum atomic E-state index is -3.89. The molecular weight excluding hydrogens is 348 g/mol. The Bertz CT molecular complexity index is 1000. The molecule has 1 amide bonds. The molecule has 0 aliphatic carbocycles. The standard InChI is InChI=1S/C20H18N2O3S/c1-22(17-12-6-3-7-13-17)26(24,25)19-15-9-8-14-18(19)20(23)21-16-10-4-2-5-11-16/h2-15H,1H3,(H,21,23). The third-order valence-electron chi connectivity index (χ3n) is 3.92. The first-order valence-electron chi connectivity index (χ1n) is 7.99. The summed E-state index contributed by atoms with van der Waals surface area (Å²) in [6.45, 7) is 0. The molecule has 3 aromatic rings. The number of para-hydroxylation sites is 2. The zero-order valence-corrected chi connectivity index (χ0v) is 15.0. The van der Waals surface area contributed by atoms with Gasteiger partial charge in [0.25, 0.3) is 15.9 Å². The van der Waals surface area contributed by atoms with E-state index < -0.39 is 15.9 Å². The van der Waals surface area contributed by atoms with E-state index in [1.807, 2.05) is 12.1 Å².